The van der Waals surface area contributed by atoms with E-state index >= 15 is 0 Å². The molecule has 0 radical (unpaired) electrons. The summed E-state index contributed by atoms with van der Waals surface area (Å²) in [6.45, 7) is 11.9. The van der Waals surface area contributed by atoms with Crippen molar-refractivity contribution in [3.8, 4) is 0 Å². The Bertz CT molecular complexity index is 307. The van der Waals surface area contributed by atoms with Crippen molar-refractivity contribution in [2.45, 2.75) is 53.6 Å². The molecule has 86 valence electrons. The first-order chi connectivity index (χ1) is 7.04. The maximum atomic E-state index is 4.52. The van der Waals surface area contributed by atoms with Gasteiger partial charge in [-0.3, -0.25) is 0 Å². The minimum absolute atomic E-state index is 0.566. The van der Waals surface area contributed by atoms with E-state index in [0.29, 0.717) is 6.04 Å². The zero-order valence-electron chi connectivity index (χ0n) is 10.4. The molecule has 1 N–H and O–H groups in total. The van der Waals surface area contributed by atoms with Crippen LogP contribution in [0.4, 0.5) is 0 Å². The van der Waals surface area contributed by atoms with Gasteiger partial charge in [0.1, 0.15) is 0 Å². The molecule has 1 aromatic heterocycles. The smallest absolute Gasteiger partial charge is 0.0900 e. The standard InChI is InChI=1S/C12H22N2S/c1-6-8(2)9(3)13-7-12-10(4)15-11(5)14-12/h8-9,13H,6-7H2,1-5H3. The SMILES string of the molecule is CCC(C)C(C)NCc1nc(C)sc1C. The summed E-state index contributed by atoms with van der Waals surface area (Å²) in [5.41, 5.74) is 1.22. The predicted octanol–water partition coefficient (Wildman–Crippen LogP) is 3.28. The second kappa shape index (κ2) is 5.61. The van der Waals surface area contributed by atoms with Crippen LogP contribution >= 0.6 is 11.3 Å². The largest absolute Gasteiger partial charge is 0.308 e. The van der Waals surface area contributed by atoms with Crippen LogP contribution in [0.25, 0.3) is 0 Å². The van der Waals surface area contributed by atoms with Crippen molar-refractivity contribution in [1.29, 1.82) is 0 Å². The predicted molar refractivity (Wildman–Crippen MR) is 67.3 cm³/mol. The summed E-state index contributed by atoms with van der Waals surface area (Å²) in [5, 5.41) is 4.72. The average molecular weight is 226 g/mol. The van der Waals surface area contributed by atoms with Crippen LogP contribution in [-0.2, 0) is 6.54 Å². The number of hydrogen-bond acceptors (Lipinski definition) is 3. The number of nitrogens with one attached hydrogen (secondary N) is 1. The lowest BCUT2D eigenvalue weighted by Crippen LogP contribution is -2.31. The second-order valence-electron chi connectivity index (χ2n) is 4.29. The van der Waals surface area contributed by atoms with Gasteiger partial charge in [0.2, 0.25) is 0 Å². The summed E-state index contributed by atoms with van der Waals surface area (Å²) < 4.78 is 0. The molecule has 0 amide bonds. The van der Waals surface area contributed by atoms with Gasteiger partial charge in [-0.05, 0) is 26.7 Å². The zero-order valence-corrected chi connectivity index (χ0v) is 11.2. The van der Waals surface area contributed by atoms with Gasteiger partial charge < -0.3 is 5.32 Å². The molecule has 2 atom stereocenters. The quantitative estimate of drug-likeness (QED) is 0.833. The highest BCUT2D eigenvalue weighted by Gasteiger charge is 2.11. The molecule has 0 bridgehead atoms. The average Bonchev–Trinajstić information content (AvgIpc) is 2.52. The Morgan fingerprint density at radius 1 is 1.33 bits per heavy atom. The summed E-state index contributed by atoms with van der Waals surface area (Å²) in [5.74, 6) is 0.727. The Kier molecular flexibility index (Phi) is 4.74. The van der Waals surface area contributed by atoms with E-state index < -0.39 is 0 Å². The lowest BCUT2D eigenvalue weighted by Gasteiger charge is -2.19. The Balaban J connectivity index is 2.46. The fraction of sp³-hybridized carbons (Fsp3) is 0.750. The van der Waals surface area contributed by atoms with Gasteiger partial charge in [-0.15, -0.1) is 11.3 Å². The molecule has 1 aromatic rings. The Morgan fingerprint density at radius 3 is 2.47 bits per heavy atom. The molecule has 1 heterocycles. The number of rotatable bonds is 5. The van der Waals surface area contributed by atoms with Gasteiger partial charge in [0.25, 0.3) is 0 Å². The Morgan fingerprint density at radius 2 is 2.00 bits per heavy atom. The highest BCUT2D eigenvalue weighted by Crippen LogP contribution is 2.16. The fourth-order valence-electron chi connectivity index (χ4n) is 1.55. The highest BCUT2D eigenvalue weighted by atomic mass is 32.1. The van der Waals surface area contributed by atoms with Crippen LogP contribution in [0.15, 0.2) is 0 Å². The fourth-order valence-corrected chi connectivity index (χ4v) is 2.38. The first-order valence-electron chi connectivity index (χ1n) is 5.70. The van der Waals surface area contributed by atoms with Crippen LogP contribution < -0.4 is 5.32 Å². The third-order valence-corrected chi connectivity index (χ3v) is 4.02. The third kappa shape index (κ3) is 3.58. The van der Waals surface area contributed by atoms with Gasteiger partial charge >= 0.3 is 0 Å². The van der Waals surface area contributed by atoms with Gasteiger partial charge in [-0.25, -0.2) is 4.98 Å². The van der Waals surface area contributed by atoms with Crippen molar-refractivity contribution >= 4 is 11.3 Å². The minimum atomic E-state index is 0.566. The number of thiazole rings is 1. The van der Waals surface area contributed by atoms with Gasteiger partial charge in [0.15, 0.2) is 0 Å². The Hall–Kier alpha value is -0.410. The molecule has 0 spiro atoms. The summed E-state index contributed by atoms with van der Waals surface area (Å²) in [6.07, 6.45) is 1.23. The van der Waals surface area contributed by atoms with E-state index in [1.54, 1.807) is 11.3 Å². The topological polar surface area (TPSA) is 24.9 Å². The minimum Gasteiger partial charge on any atom is -0.308 e. The molecule has 15 heavy (non-hydrogen) atoms. The number of nitrogens with zero attached hydrogens (tertiary/aromatic N) is 1. The van der Waals surface area contributed by atoms with Crippen molar-refractivity contribution in [2.75, 3.05) is 0 Å². The van der Waals surface area contributed by atoms with Gasteiger partial charge in [0, 0.05) is 17.5 Å². The number of aryl methyl sites for hydroxylation is 2. The molecule has 0 aliphatic carbocycles. The summed E-state index contributed by atoms with van der Waals surface area (Å²) in [7, 11) is 0. The monoisotopic (exact) mass is 226 g/mol. The van der Waals surface area contributed by atoms with Crippen molar-refractivity contribution in [3.05, 3.63) is 15.6 Å². The molecule has 0 fully saturated rings. The van der Waals surface area contributed by atoms with E-state index in [0.717, 1.165) is 12.5 Å². The number of hydrogen-bond donors (Lipinski definition) is 1. The van der Waals surface area contributed by atoms with Crippen molar-refractivity contribution < 1.29 is 0 Å². The van der Waals surface area contributed by atoms with Crippen LogP contribution in [-0.4, -0.2) is 11.0 Å². The van der Waals surface area contributed by atoms with E-state index in [1.807, 2.05) is 0 Å². The molecule has 0 aliphatic rings. The first-order valence-corrected chi connectivity index (χ1v) is 6.52. The zero-order chi connectivity index (χ0) is 11.4. The van der Waals surface area contributed by atoms with Crippen LogP contribution in [0.3, 0.4) is 0 Å². The van der Waals surface area contributed by atoms with Crippen LogP contribution in [0.2, 0.25) is 0 Å². The maximum Gasteiger partial charge on any atom is 0.0900 e. The molecule has 0 saturated heterocycles. The van der Waals surface area contributed by atoms with Gasteiger partial charge in [-0.2, -0.15) is 0 Å². The lowest BCUT2D eigenvalue weighted by molar-refractivity contribution is 0.388. The van der Waals surface area contributed by atoms with Crippen molar-refractivity contribution in [1.82, 2.24) is 10.3 Å². The van der Waals surface area contributed by atoms with E-state index in [2.05, 4.69) is 44.9 Å². The molecule has 2 nitrogen and oxygen atoms in total. The van der Waals surface area contributed by atoms with Gasteiger partial charge in [-0.1, -0.05) is 20.3 Å². The van der Waals surface area contributed by atoms with Gasteiger partial charge in [0.05, 0.1) is 10.7 Å². The molecule has 2 unspecified atom stereocenters. The normalized spacial score (nSPS) is 15.3. The number of aromatic nitrogens is 1. The molecular weight excluding hydrogens is 204 g/mol. The van der Waals surface area contributed by atoms with E-state index in [4.69, 9.17) is 0 Å². The molecule has 3 heteroatoms. The molecule has 0 aliphatic heterocycles. The van der Waals surface area contributed by atoms with E-state index in [9.17, 15) is 0 Å². The lowest BCUT2D eigenvalue weighted by atomic mass is 10.0. The van der Waals surface area contributed by atoms with Crippen LogP contribution in [0.1, 0.15) is 42.8 Å². The summed E-state index contributed by atoms with van der Waals surface area (Å²) in [4.78, 5) is 5.87. The second-order valence-corrected chi connectivity index (χ2v) is 5.70. The molecule has 1 rings (SSSR count). The van der Waals surface area contributed by atoms with E-state index in [-0.39, 0.29) is 0 Å². The highest BCUT2D eigenvalue weighted by molar-refractivity contribution is 7.11. The third-order valence-electron chi connectivity index (χ3n) is 3.09. The molecule has 0 aromatic carbocycles. The van der Waals surface area contributed by atoms with Crippen LogP contribution in [0, 0.1) is 19.8 Å². The maximum absolute atomic E-state index is 4.52. The summed E-state index contributed by atoms with van der Waals surface area (Å²) in [6, 6.07) is 0.566. The molecular formula is C12H22N2S. The van der Waals surface area contributed by atoms with Crippen molar-refractivity contribution in [2.24, 2.45) is 5.92 Å². The van der Waals surface area contributed by atoms with E-state index in [1.165, 1.54) is 22.0 Å². The first kappa shape index (κ1) is 12.7. The molecule has 0 saturated carbocycles. The van der Waals surface area contributed by atoms with Crippen molar-refractivity contribution in [3.63, 3.8) is 0 Å². The Labute approximate surface area is 97.1 Å². The summed E-state index contributed by atoms with van der Waals surface area (Å²) >= 11 is 1.78. The van der Waals surface area contributed by atoms with Crippen LogP contribution in [0.5, 0.6) is 0 Å².